The number of primary amides is 1. The number of nitrogens with zero attached hydrogens (tertiary/aromatic N) is 3. The van der Waals surface area contributed by atoms with Gasteiger partial charge in [-0.3, -0.25) is 9.59 Å². The molecule has 146 valence electrons. The summed E-state index contributed by atoms with van der Waals surface area (Å²) in [7, 11) is 0. The topological polar surface area (TPSA) is 124 Å². The summed E-state index contributed by atoms with van der Waals surface area (Å²) in [5.74, 6) is -0.340. The maximum atomic E-state index is 12.2. The lowest BCUT2D eigenvalue weighted by molar-refractivity contribution is -0.117. The summed E-state index contributed by atoms with van der Waals surface area (Å²) in [6, 6.07) is 16.1. The maximum Gasteiger partial charge on any atom is 0.256 e. The normalized spacial score (nSPS) is 13.5. The summed E-state index contributed by atoms with van der Waals surface area (Å²) in [6.07, 6.45) is 1.35. The van der Waals surface area contributed by atoms with Crippen molar-refractivity contribution in [3.8, 4) is 22.9 Å². The predicted octanol–water partition coefficient (Wildman–Crippen LogP) is 2.74. The number of ether oxygens (including phenoxy) is 1. The Kier molecular flexibility index (Phi) is 4.82. The van der Waals surface area contributed by atoms with Crippen LogP contribution in [0.1, 0.15) is 23.2 Å². The molecule has 2 heterocycles. The first-order valence-electron chi connectivity index (χ1n) is 9.14. The Hall–Kier alpha value is -3.94. The monoisotopic (exact) mass is 389 g/mol. The van der Waals surface area contributed by atoms with Gasteiger partial charge in [-0.25, -0.2) is 4.98 Å². The van der Waals surface area contributed by atoms with E-state index in [1.54, 1.807) is 35.2 Å². The van der Waals surface area contributed by atoms with Gasteiger partial charge in [0.05, 0.1) is 5.69 Å². The molecule has 8 heteroatoms. The third-order valence-corrected chi connectivity index (χ3v) is 4.60. The fraction of sp³-hybridized carbons (Fsp3) is 0.143. The van der Waals surface area contributed by atoms with Crippen molar-refractivity contribution in [1.82, 2.24) is 9.97 Å². The van der Waals surface area contributed by atoms with E-state index in [1.165, 1.54) is 0 Å². The van der Waals surface area contributed by atoms with Gasteiger partial charge in [-0.2, -0.15) is 4.98 Å². The summed E-state index contributed by atoms with van der Waals surface area (Å²) in [4.78, 5) is 34.2. The van der Waals surface area contributed by atoms with Gasteiger partial charge < -0.3 is 21.1 Å². The van der Waals surface area contributed by atoms with E-state index < -0.39 is 5.91 Å². The van der Waals surface area contributed by atoms with Crippen molar-refractivity contribution in [3.05, 3.63) is 60.2 Å². The number of rotatable bonds is 5. The molecule has 0 bridgehead atoms. The summed E-state index contributed by atoms with van der Waals surface area (Å²) < 4.78 is 5.88. The lowest BCUT2D eigenvalue weighted by Crippen LogP contribution is -2.23. The van der Waals surface area contributed by atoms with Gasteiger partial charge in [-0.05, 0) is 18.6 Å². The molecule has 1 aliphatic heterocycles. The maximum absolute atomic E-state index is 12.2. The molecule has 8 nitrogen and oxygen atoms in total. The van der Waals surface area contributed by atoms with Crippen molar-refractivity contribution < 1.29 is 14.3 Å². The van der Waals surface area contributed by atoms with Crippen molar-refractivity contribution in [3.63, 3.8) is 0 Å². The summed E-state index contributed by atoms with van der Waals surface area (Å²) in [5, 5.41) is 0. The molecular formula is C21H19N5O3. The van der Waals surface area contributed by atoms with Crippen LogP contribution < -0.4 is 21.1 Å². The highest BCUT2D eigenvalue weighted by molar-refractivity contribution is 6.01. The van der Waals surface area contributed by atoms with Crippen molar-refractivity contribution in [2.45, 2.75) is 12.8 Å². The van der Waals surface area contributed by atoms with Gasteiger partial charge >= 0.3 is 0 Å². The Morgan fingerprint density at radius 3 is 2.55 bits per heavy atom. The van der Waals surface area contributed by atoms with E-state index in [9.17, 15) is 9.59 Å². The van der Waals surface area contributed by atoms with Gasteiger partial charge in [0, 0.05) is 30.3 Å². The molecule has 0 radical (unpaired) electrons. The quantitative estimate of drug-likeness (QED) is 0.691. The van der Waals surface area contributed by atoms with Crippen LogP contribution in [0.4, 0.5) is 11.6 Å². The largest absolute Gasteiger partial charge is 0.438 e. The number of benzene rings is 2. The number of hydrogen-bond donors (Lipinski definition) is 2. The van der Waals surface area contributed by atoms with Crippen LogP contribution in [0.5, 0.6) is 11.6 Å². The summed E-state index contributed by atoms with van der Waals surface area (Å²) >= 11 is 0. The Morgan fingerprint density at radius 2 is 1.86 bits per heavy atom. The number of carbonyl (C=O) groups excluding carboxylic acids is 2. The van der Waals surface area contributed by atoms with Crippen molar-refractivity contribution in [1.29, 1.82) is 0 Å². The molecule has 0 aliphatic carbocycles. The fourth-order valence-electron chi connectivity index (χ4n) is 3.31. The molecule has 0 saturated carbocycles. The molecule has 2 amide bonds. The number of carbonyl (C=O) groups is 2. The molecule has 3 aromatic rings. The minimum absolute atomic E-state index is 0.0336. The third-order valence-electron chi connectivity index (χ3n) is 4.60. The first kappa shape index (κ1) is 18.4. The van der Waals surface area contributed by atoms with Crippen LogP contribution in [0.15, 0.2) is 54.6 Å². The van der Waals surface area contributed by atoms with Gasteiger partial charge in [0.2, 0.25) is 17.7 Å². The van der Waals surface area contributed by atoms with Crippen LogP contribution in [0.25, 0.3) is 11.3 Å². The van der Waals surface area contributed by atoms with Gasteiger partial charge in [0.25, 0.3) is 5.91 Å². The number of amides is 2. The van der Waals surface area contributed by atoms with Crippen molar-refractivity contribution in [2.75, 3.05) is 17.2 Å². The van der Waals surface area contributed by atoms with E-state index in [-0.39, 0.29) is 23.3 Å². The highest BCUT2D eigenvalue weighted by atomic mass is 16.5. The standard InChI is InChI=1S/C21H19N5O3/c22-19(28)17-18(13-6-2-1-3-7-13)24-21(23)25-20(17)29-15-9-4-8-14(12-15)26-11-5-10-16(26)27/h1-4,6-9,12H,5,10-11H2,(H2,22,28)(H2,23,24,25). The molecule has 0 unspecified atom stereocenters. The zero-order valence-corrected chi connectivity index (χ0v) is 15.5. The molecule has 4 rings (SSSR count). The van der Waals surface area contributed by atoms with E-state index in [4.69, 9.17) is 16.2 Å². The van der Waals surface area contributed by atoms with E-state index in [1.807, 2.05) is 24.3 Å². The third kappa shape index (κ3) is 3.73. The SMILES string of the molecule is NC(=O)c1c(Oc2cccc(N3CCCC3=O)c2)nc(N)nc1-c1ccccc1. The van der Waals surface area contributed by atoms with Crippen LogP contribution in [0, 0.1) is 0 Å². The zero-order valence-electron chi connectivity index (χ0n) is 15.5. The second kappa shape index (κ2) is 7.59. The smallest absolute Gasteiger partial charge is 0.256 e. The minimum Gasteiger partial charge on any atom is -0.438 e. The highest BCUT2D eigenvalue weighted by Crippen LogP contribution is 2.33. The molecule has 1 fully saturated rings. The number of hydrogen-bond acceptors (Lipinski definition) is 6. The second-order valence-corrected chi connectivity index (χ2v) is 6.59. The predicted molar refractivity (Wildman–Crippen MR) is 109 cm³/mol. The van der Waals surface area contributed by atoms with Crippen LogP contribution in [-0.4, -0.2) is 28.3 Å². The zero-order chi connectivity index (χ0) is 20.4. The average Bonchev–Trinajstić information content (AvgIpc) is 3.14. The second-order valence-electron chi connectivity index (χ2n) is 6.59. The Bertz CT molecular complexity index is 1080. The number of nitrogens with two attached hydrogens (primary N) is 2. The Labute approximate surface area is 167 Å². The molecule has 1 saturated heterocycles. The van der Waals surface area contributed by atoms with E-state index in [2.05, 4.69) is 9.97 Å². The molecule has 2 aromatic carbocycles. The first-order valence-corrected chi connectivity index (χ1v) is 9.14. The van der Waals surface area contributed by atoms with Gasteiger partial charge in [-0.15, -0.1) is 0 Å². The molecule has 1 aliphatic rings. The Morgan fingerprint density at radius 1 is 1.07 bits per heavy atom. The van der Waals surface area contributed by atoms with E-state index >= 15 is 0 Å². The number of aromatic nitrogens is 2. The number of anilines is 2. The van der Waals surface area contributed by atoms with Crippen LogP contribution in [0.2, 0.25) is 0 Å². The molecular weight excluding hydrogens is 370 g/mol. The highest BCUT2D eigenvalue weighted by Gasteiger charge is 2.24. The lowest BCUT2D eigenvalue weighted by atomic mass is 10.1. The average molecular weight is 389 g/mol. The van der Waals surface area contributed by atoms with Crippen molar-refractivity contribution in [2.24, 2.45) is 5.73 Å². The molecule has 29 heavy (non-hydrogen) atoms. The summed E-state index contributed by atoms with van der Waals surface area (Å²) in [5.41, 5.74) is 13.2. The van der Waals surface area contributed by atoms with Gasteiger partial charge in [0.15, 0.2) is 0 Å². The number of nitrogen functional groups attached to an aromatic ring is 1. The molecule has 4 N–H and O–H groups in total. The summed E-state index contributed by atoms with van der Waals surface area (Å²) in [6.45, 7) is 0.660. The lowest BCUT2D eigenvalue weighted by Gasteiger charge is -2.17. The molecule has 0 spiro atoms. The van der Waals surface area contributed by atoms with E-state index in [0.29, 0.717) is 30.0 Å². The fourth-order valence-corrected chi connectivity index (χ4v) is 3.31. The first-order chi connectivity index (χ1) is 14.0. The van der Waals surface area contributed by atoms with Crippen LogP contribution >= 0.6 is 0 Å². The molecule has 1 aromatic heterocycles. The molecule has 0 atom stereocenters. The van der Waals surface area contributed by atoms with Gasteiger partial charge in [-0.1, -0.05) is 36.4 Å². The minimum atomic E-state index is -0.732. The van der Waals surface area contributed by atoms with Crippen molar-refractivity contribution >= 4 is 23.5 Å². The Balaban J connectivity index is 1.75. The van der Waals surface area contributed by atoms with Crippen LogP contribution in [0.3, 0.4) is 0 Å². The van der Waals surface area contributed by atoms with E-state index in [0.717, 1.165) is 12.1 Å². The van der Waals surface area contributed by atoms with Gasteiger partial charge in [0.1, 0.15) is 11.3 Å². The van der Waals surface area contributed by atoms with Crippen LogP contribution in [-0.2, 0) is 4.79 Å².